The Morgan fingerprint density at radius 1 is 1.10 bits per heavy atom. The highest BCUT2D eigenvalue weighted by atomic mass is 16.3. The molecule has 0 bridgehead atoms. The summed E-state index contributed by atoms with van der Waals surface area (Å²) in [5.74, 6) is 0.436. The maximum absolute atomic E-state index is 10.4. The van der Waals surface area contributed by atoms with Crippen LogP contribution in [0.25, 0.3) is 0 Å². The van der Waals surface area contributed by atoms with Crippen LogP contribution < -0.4 is 0 Å². The molecule has 0 radical (unpaired) electrons. The van der Waals surface area contributed by atoms with Gasteiger partial charge in [0.1, 0.15) is 0 Å². The fraction of sp³-hybridized carbons (Fsp3) is 1.00. The topological polar surface area (TPSA) is 46.9 Å². The molecule has 2 unspecified atom stereocenters. The summed E-state index contributed by atoms with van der Waals surface area (Å²) in [6, 6.07) is 0. The summed E-state index contributed by atoms with van der Waals surface area (Å²) in [4.78, 5) is 4.82. The Bertz CT molecular complexity index is 317. The molecule has 118 valence electrons. The van der Waals surface area contributed by atoms with Gasteiger partial charge in [-0.2, -0.15) is 0 Å². The van der Waals surface area contributed by atoms with Crippen molar-refractivity contribution in [3.63, 3.8) is 0 Å². The summed E-state index contributed by atoms with van der Waals surface area (Å²) in [6.07, 6.45) is 2.13. The standard InChI is InChI=1S/C16H32N2O2/c1-15(2)6-5-13(14(15)19)11-17-7-9-18(10-8-17)12-16(3,4)20/h13-14,19-20H,5-12H2,1-4H3. The lowest BCUT2D eigenvalue weighted by Gasteiger charge is -2.39. The van der Waals surface area contributed by atoms with E-state index in [9.17, 15) is 10.2 Å². The molecule has 0 amide bonds. The summed E-state index contributed by atoms with van der Waals surface area (Å²) in [5.41, 5.74) is -0.513. The minimum Gasteiger partial charge on any atom is -0.392 e. The zero-order chi connectivity index (χ0) is 15.0. The zero-order valence-corrected chi connectivity index (χ0v) is 13.6. The lowest BCUT2D eigenvalue weighted by Crippen LogP contribution is -2.51. The van der Waals surface area contributed by atoms with Crippen LogP contribution in [0.15, 0.2) is 0 Å². The van der Waals surface area contributed by atoms with Crippen LogP contribution in [0.3, 0.4) is 0 Å². The van der Waals surface area contributed by atoms with Gasteiger partial charge in [-0.25, -0.2) is 0 Å². The minimum absolute atomic E-state index is 0.0907. The second kappa shape index (κ2) is 5.91. The molecule has 20 heavy (non-hydrogen) atoms. The third-order valence-electron chi connectivity index (χ3n) is 4.97. The van der Waals surface area contributed by atoms with Crippen molar-refractivity contribution in [2.45, 2.75) is 52.2 Å². The molecule has 4 nitrogen and oxygen atoms in total. The molecule has 0 aromatic rings. The number of hydrogen-bond donors (Lipinski definition) is 2. The predicted molar refractivity (Wildman–Crippen MR) is 81.7 cm³/mol. The number of piperazine rings is 1. The first kappa shape index (κ1) is 16.2. The second-order valence-corrected chi connectivity index (χ2v) is 8.12. The monoisotopic (exact) mass is 284 g/mol. The van der Waals surface area contributed by atoms with E-state index in [0.29, 0.717) is 5.92 Å². The van der Waals surface area contributed by atoms with Gasteiger partial charge in [-0.05, 0) is 38.0 Å². The number of aliphatic hydroxyl groups excluding tert-OH is 1. The Morgan fingerprint density at radius 2 is 1.65 bits per heavy atom. The number of rotatable bonds is 4. The highest BCUT2D eigenvalue weighted by Crippen LogP contribution is 2.41. The van der Waals surface area contributed by atoms with E-state index in [1.165, 1.54) is 0 Å². The first-order chi connectivity index (χ1) is 9.17. The Labute approximate surface area is 123 Å². The largest absolute Gasteiger partial charge is 0.392 e. The van der Waals surface area contributed by atoms with Crippen LogP contribution in [0.1, 0.15) is 40.5 Å². The van der Waals surface area contributed by atoms with Gasteiger partial charge in [-0.15, -0.1) is 0 Å². The molecular formula is C16H32N2O2. The first-order valence-electron chi connectivity index (χ1n) is 8.02. The summed E-state index contributed by atoms with van der Waals surface area (Å²) in [5, 5.41) is 20.3. The van der Waals surface area contributed by atoms with Crippen LogP contribution in [-0.4, -0.2) is 71.0 Å². The van der Waals surface area contributed by atoms with Gasteiger partial charge in [0, 0.05) is 39.3 Å². The Morgan fingerprint density at radius 3 is 2.10 bits per heavy atom. The van der Waals surface area contributed by atoms with Gasteiger partial charge in [-0.1, -0.05) is 13.8 Å². The van der Waals surface area contributed by atoms with E-state index in [0.717, 1.165) is 52.1 Å². The number of hydrogen-bond acceptors (Lipinski definition) is 4. The van der Waals surface area contributed by atoms with Crippen LogP contribution in [0.4, 0.5) is 0 Å². The summed E-state index contributed by atoms with van der Waals surface area (Å²) >= 11 is 0. The number of β-amino-alcohol motifs (C(OH)–C–C–N with tert-alkyl or cyclic N) is 1. The molecule has 2 atom stereocenters. The van der Waals surface area contributed by atoms with Crippen molar-refractivity contribution in [2.24, 2.45) is 11.3 Å². The third kappa shape index (κ3) is 4.17. The average molecular weight is 284 g/mol. The van der Waals surface area contributed by atoms with Crippen LogP contribution in [0, 0.1) is 11.3 Å². The fourth-order valence-electron chi connectivity index (χ4n) is 3.70. The number of nitrogens with zero attached hydrogens (tertiary/aromatic N) is 2. The van der Waals surface area contributed by atoms with Crippen LogP contribution in [0.5, 0.6) is 0 Å². The van der Waals surface area contributed by atoms with Crippen molar-refractivity contribution >= 4 is 0 Å². The molecule has 2 rings (SSSR count). The van der Waals surface area contributed by atoms with Gasteiger partial charge in [-0.3, -0.25) is 4.90 Å². The molecule has 2 fully saturated rings. The smallest absolute Gasteiger partial charge is 0.0718 e. The Kier molecular flexibility index (Phi) is 4.80. The molecule has 0 aromatic carbocycles. The van der Waals surface area contributed by atoms with Crippen LogP contribution >= 0.6 is 0 Å². The third-order valence-corrected chi connectivity index (χ3v) is 4.97. The predicted octanol–water partition coefficient (Wildman–Crippen LogP) is 1.17. The van der Waals surface area contributed by atoms with Crippen molar-refractivity contribution in [2.75, 3.05) is 39.3 Å². The number of aliphatic hydroxyl groups is 2. The molecule has 1 aliphatic carbocycles. The SMILES string of the molecule is CC(C)(O)CN1CCN(CC2CCC(C)(C)C2O)CC1. The molecule has 2 aliphatic rings. The van der Waals surface area contributed by atoms with E-state index < -0.39 is 5.60 Å². The molecule has 1 heterocycles. The van der Waals surface area contributed by atoms with Gasteiger partial charge in [0.15, 0.2) is 0 Å². The van der Waals surface area contributed by atoms with E-state index in [1.807, 2.05) is 13.8 Å². The van der Waals surface area contributed by atoms with Gasteiger partial charge in [0.2, 0.25) is 0 Å². The molecule has 1 aliphatic heterocycles. The normalized spacial score (nSPS) is 32.7. The highest BCUT2D eigenvalue weighted by Gasteiger charge is 2.41. The van der Waals surface area contributed by atoms with Crippen molar-refractivity contribution < 1.29 is 10.2 Å². The Hall–Kier alpha value is -0.160. The summed E-state index contributed by atoms with van der Waals surface area (Å²) < 4.78 is 0. The zero-order valence-electron chi connectivity index (χ0n) is 13.6. The highest BCUT2D eigenvalue weighted by molar-refractivity contribution is 4.92. The molecule has 1 saturated heterocycles. The first-order valence-corrected chi connectivity index (χ1v) is 8.02. The maximum atomic E-state index is 10.4. The quantitative estimate of drug-likeness (QED) is 0.814. The van der Waals surface area contributed by atoms with E-state index >= 15 is 0 Å². The van der Waals surface area contributed by atoms with E-state index in [2.05, 4.69) is 23.6 Å². The summed E-state index contributed by atoms with van der Waals surface area (Å²) in [6.45, 7) is 14.0. The minimum atomic E-state index is -0.603. The maximum Gasteiger partial charge on any atom is 0.0718 e. The molecular weight excluding hydrogens is 252 g/mol. The van der Waals surface area contributed by atoms with Gasteiger partial charge < -0.3 is 15.1 Å². The lowest BCUT2D eigenvalue weighted by molar-refractivity contribution is 0.00338. The van der Waals surface area contributed by atoms with Crippen molar-refractivity contribution in [3.8, 4) is 0 Å². The van der Waals surface area contributed by atoms with Gasteiger partial charge >= 0.3 is 0 Å². The molecule has 1 saturated carbocycles. The van der Waals surface area contributed by atoms with Gasteiger partial charge in [0.05, 0.1) is 11.7 Å². The Balaban J connectivity index is 1.75. The summed E-state index contributed by atoms with van der Waals surface area (Å²) in [7, 11) is 0. The molecule has 2 N–H and O–H groups in total. The van der Waals surface area contributed by atoms with E-state index in [1.54, 1.807) is 0 Å². The lowest BCUT2D eigenvalue weighted by atomic mass is 9.87. The molecule has 4 heteroatoms. The fourth-order valence-corrected chi connectivity index (χ4v) is 3.70. The van der Waals surface area contributed by atoms with E-state index in [4.69, 9.17) is 0 Å². The van der Waals surface area contributed by atoms with Crippen LogP contribution in [0.2, 0.25) is 0 Å². The van der Waals surface area contributed by atoms with Gasteiger partial charge in [0.25, 0.3) is 0 Å². The van der Waals surface area contributed by atoms with Crippen LogP contribution in [-0.2, 0) is 0 Å². The van der Waals surface area contributed by atoms with Crippen molar-refractivity contribution in [1.82, 2.24) is 9.80 Å². The van der Waals surface area contributed by atoms with E-state index in [-0.39, 0.29) is 11.5 Å². The van der Waals surface area contributed by atoms with Crippen molar-refractivity contribution in [1.29, 1.82) is 0 Å². The second-order valence-electron chi connectivity index (χ2n) is 8.12. The molecule has 0 spiro atoms. The average Bonchev–Trinajstić information content (AvgIpc) is 2.57. The molecule has 0 aromatic heterocycles. The van der Waals surface area contributed by atoms with Crippen molar-refractivity contribution in [3.05, 3.63) is 0 Å².